The van der Waals surface area contributed by atoms with Crippen LogP contribution in [-0.4, -0.2) is 41.0 Å². The van der Waals surface area contributed by atoms with Crippen molar-refractivity contribution in [1.82, 2.24) is 9.88 Å². The van der Waals surface area contributed by atoms with E-state index >= 15 is 0 Å². The van der Waals surface area contributed by atoms with Crippen LogP contribution in [0, 0.1) is 0 Å². The highest BCUT2D eigenvalue weighted by atomic mass is 16.4. The molecule has 1 aromatic heterocycles. The first-order chi connectivity index (χ1) is 6.02. The lowest BCUT2D eigenvalue weighted by atomic mass is 10.3. The molecule has 0 unspecified atom stereocenters. The standard InChI is InChI=1S/C8H10N2O3/c1-10(2)7(11)5-3-6(8(12)13)9-4-5/h3-4,9H,1-2H3,(H,12,13). The number of carboxylic acids is 1. The van der Waals surface area contributed by atoms with Gasteiger partial charge in [0.15, 0.2) is 0 Å². The maximum atomic E-state index is 11.3. The van der Waals surface area contributed by atoms with Crippen molar-refractivity contribution in [3.05, 3.63) is 23.5 Å². The third kappa shape index (κ3) is 1.87. The number of nitrogens with zero attached hydrogens (tertiary/aromatic N) is 1. The van der Waals surface area contributed by atoms with Crippen LogP contribution in [0.1, 0.15) is 20.8 Å². The molecule has 2 N–H and O–H groups in total. The van der Waals surface area contributed by atoms with Gasteiger partial charge >= 0.3 is 5.97 Å². The quantitative estimate of drug-likeness (QED) is 0.695. The molecule has 0 fully saturated rings. The van der Waals surface area contributed by atoms with E-state index in [9.17, 15) is 9.59 Å². The van der Waals surface area contributed by atoms with E-state index in [2.05, 4.69) is 4.98 Å². The lowest BCUT2D eigenvalue weighted by molar-refractivity contribution is 0.0691. The molecular formula is C8H10N2O3. The van der Waals surface area contributed by atoms with Gasteiger partial charge in [0.05, 0.1) is 5.56 Å². The second-order valence-corrected chi connectivity index (χ2v) is 2.81. The van der Waals surface area contributed by atoms with Crippen molar-refractivity contribution in [2.45, 2.75) is 0 Å². The highest BCUT2D eigenvalue weighted by Crippen LogP contribution is 2.05. The van der Waals surface area contributed by atoms with Crippen LogP contribution in [0.5, 0.6) is 0 Å². The molecule has 0 aliphatic rings. The predicted molar refractivity (Wildman–Crippen MR) is 45.8 cm³/mol. The first-order valence-electron chi connectivity index (χ1n) is 3.65. The number of carboxylic acid groups (broad SMARTS) is 1. The summed E-state index contributed by atoms with van der Waals surface area (Å²) in [6.45, 7) is 0. The zero-order valence-corrected chi connectivity index (χ0v) is 7.37. The average Bonchev–Trinajstić information content (AvgIpc) is 2.50. The summed E-state index contributed by atoms with van der Waals surface area (Å²) in [5, 5.41) is 8.56. The van der Waals surface area contributed by atoms with Gasteiger partial charge in [0.2, 0.25) is 0 Å². The van der Waals surface area contributed by atoms with E-state index in [0.29, 0.717) is 5.56 Å². The van der Waals surface area contributed by atoms with Gasteiger partial charge in [-0.05, 0) is 6.07 Å². The largest absolute Gasteiger partial charge is 0.477 e. The highest BCUT2D eigenvalue weighted by Gasteiger charge is 2.12. The van der Waals surface area contributed by atoms with E-state index in [-0.39, 0.29) is 11.6 Å². The number of H-pyrrole nitrogens is 1. The number of aromatic amines is 1. The number of aromatic nitrogens is 1. The molecule has 0 aromatic carbocycles. The van der Waals surface area contributed by atoms with E-state index < -0.39 is 5.97 Å². The number of nitrogens with one attached hydrogen (secondary N) is 1. The van der Waals surface area contributed by atoms with Crippen molar-refractivity contribution in [2.75, 3.05) is 14.1 Å². The number of carbonyl (C=O) groups is 2. The second-order valence-electron chi connectivity index (χ2n) is 2.81. The first kappa shape index (κ1) is 9.31. The number of amides is 1. The summed E-state index contributed by atoms with van der Waals surface area (Å²) in [7, 11) is 3.21. The van der Waals surface area contributed by atoms with Crippen molar-refractivity contribution < 1.29 is 14.7 Å². The fourth-order valence-electron chi connectivity index (χ4n) is 0.899. The predicted octanol–water partition coefficient (Wildman–Crippen LogP) is 0.415. The van der Waals surface area contributed by atoms with Crippen LogP contribution in [0.25, 0.3) is 0 Å². The van der Waals surface area contributed by atoms with Gasteiger partial charge in [-0.2, -0.15) is 0 Å². The topological polar surface area (TPSA) is 73.4 Å². The Morgan fingerprint density at radius 3 is 2.46 bits per heavy atom. The van der Waals surface area contributed by atoms with Crippen LogP contribution < -0.4 is 0 Å². The minimum absolute atomic E-state index is 0.0187. The Labute approximate surface area is 75.0 Å². The van der Waals surface area contributed by atoms with Crippen molar-refractivity contribution in [2.24, 2.45) is 0 Å². The Kier molecular flexibility index (Phi) is 2.36. The Balaban J connectivity index is 2.92. The van der Waals surface area contributed by atoms with Crippen molar-refractivity contribution in [1.29, 1.82) is 0 Å². The number of carbonyl (C=O) groups excluding carboxylic acids is 1. The van der Waals surface area contributed by atoms with Crippen molar-refractivity contribution in [3.63, 3.8) is 0 Å². The number of hydrogen-bond donors (Lipinski definition) is 2. The third-order valence-electron chi connectivity index (χ3n) is 1.57. The Morgan fingerprint density at radius 1 is 1.46 bits per heavy atom. The molecule has 5 nitrogen and oxygen atoms in total. The van der Waals surface area contributed by atoms with E-state index in [4.69, 9.17) is 5.11 Å². The lowest BCUT2D eigenvalue weighted by Gasteiger charge is -2.07. The summed E-state index contributed by atoms with van der Waals surface area (Å²) >= 11 is 0. The van der Waals surface area contributed by atoms with Gasteiger partial charge in [0.25, 0.3) is 5.91 Å². The smallest absolute Gasteiger partial charge is 0.352 e. The SMILES string of the molecule is CN(C)C(=O)c1c[nH]c(C(=O)O)c1. The minimum Gasteiger partial charge on any atom is -0.477 e. The van der Waals surface area contributed by atoms with Crippen LogP contribution in [0.2, 0.25) is 0 Å². The van der Waals surface area contributed by atoms with Crippen LogP contribution in [0.4, 0.5) is 0 Å². The second kappa shape index (κ2) is 3.30. The van der Waals surface area contributed by atoms with Crippen molar-refractivity contribution in [3.8, 4) is 0 Å². The molecule has 0 aliphatic carbocycles. The fraction of sp³-hybridized carbons (Fsp3) is 0.250. The van der Waals surface area contributed by atoms with E-state index in [1.165, 1.54) is 17.2 Å². The molecule has 1 amide bonds. The molecular weight excluding hydrogens is 172 g/mol. The summed E-state index contributed by atoms with van der Waals surface area (Å²) in [5.41, 5.74) is 0.368. The Morgan fingerprint density at radius 2 is 2.08 bits per heavy atom. The zero-order valence-electron chi connectivity index (χ0n) is 7.37. The molecule has 0 aliphatic heterocycles. The molecule has 70 valence electrons. The van der Waals surface area contributed by atoms with Crippen molar-refractivity contribution >= 4 is 11.9 Å². The van der Waals surface area contributed by atoms with Gasteiger partial charge in [0, 0.05) is 20.3 Å². The average molecular weight is 182 g/mol. The Bertz CT molecular complexity index is 341. The summed E-state index contributed by atoms with van der Waals surface area (Å²) in [5.74, 6) is -1.29. The Hall–Kier alpha value is -1.78. The molecule has 0 spiro atoms. The van der Waals surface area contributed by atoms with Crippen LogP contribution >= 0.6 is 0 Å². The molecule has 0 saturated heterocycles. The molecule has 1 rings (SSSR count). The van der Waals surface area contributed by atoms with Gasteiger partial charge in [-0.1, -0.05) is 0 Å². The highest BCUT2D eigenvalue weighted by molar-refractivity contribution is 5.96. The van der Waals surface area contributed by atoms with Crippen LogP contribution in [-0.2, 0) is 0 Å². The van der Waals surface area contributed by atoms with E-state index in [1.54, 1.807) is 14.1 Å². The maximum Gasteiger partial charge on any atom is 0.352 e. The maximum absolute atomic E-state index is 11.3. The monoisotopic (exact) mass is 182 g/mol. The fourth-order valence-corrected chi connectivity index (χ4v) is 0.899. The lowest BCUT2D eigenvalue weighted by Crippen LogP contribution is -2.20. The third-order valence-corrected chi connectivity index (χ3v) is 1.57. The van der Waals surface area contributed by atoms with Gasteiger partial charge in [0.1, 0.15) is 5.69 Å². The summed E-state index contributed by atoms with van der Waals surface area (Å²) in [6.07, 6.45) is 1.38. The van der Waals surface area contributed by atoms with Crippen LogP contribution in [0.15, 0.2) is 12.3 Å². The molecule has 13 heavy (non-hydrogen) atoms. The van der Waals surface area contributed by atoms with Gasteiger partial charge < -0.3 is 15.0 Å². The number of aromatic carboxylic acids is 1. The van der Waals surface area contributed by atoms with E-state index in [1.807, 2.05) is 0 Å². The molecule has 5 heteroatoms. The molecule has 1 heterocycles. The summed E-state index contributed by atoms with van der Waals surface area (Å²) in [4.78, 5) is 25.6. The molecule has 0 bridgehead atoms. The summed E-state index contributed by atoms with van der Waals surface area (Å²) < 4.78 is 0. The summed E-state index contributed by atoms with van der Waals surface area (Å²) in [6, 6.07) is 1.31. The molecule has 1 aromatic rings. The normalized spacial score (nSPS) is 9.69. The number of rotatable bonds is 2. The molecule has 0 saturated carbocycles. The molecule has 0 radical (unpaired) electrons. The van der Waals surface area contributed by atoms with Gasteiger partial charge in [-0.25, -0.2) is 4.79 Å². The van der Waals surface area contributed by atoms with Gasteiger partial charge in [-0.15, -0.1) is 0 Å². The van der Waals surface area contributed by atoms with Crippen LogP contribution in [0.3, 0.4) is 0 Å². The minimum atomic E-state index is -1.07. The number of hydrogen-bond acceptors (Lipinski definition) is 2. The molecule has 0 atom stereocenters. The van der Waals surface area contributed by atoms with E-state index in [0.717, 1.165) is 0 Å². The first-order valence-corrected chi connectivity index (χ1v) is 3.65. The zero-order chi connectivity index (χ0) is 10.0. The van der Waals surface area contributed by atoms with Gasteiger partial charge in [-0.3, -0.25) is 4.79 Å².